The van der Waals surface area contributed by atoms with Crippen LogP contribution in [0.2, 0.25) is 0 Å². The number of H-pyrrole nitrogens is 1. The van der Waals surface area contributed by atoms with Crippen molar-refractivity contribution in [2.45, 2.75) is 4.90 Å². The van der Waals surface area contributed by atoms with Crippen LogP contribution in [0, 0.1) is 0 Å². The molecule has 33 heavy (non-hydrogen) atoms. The Morgan fingerprint density at radius 1 is 1.00 bits per heavy atom. The van der Waals surface area contributed by atoms with Gasteiger partial charge in [0, 0.05) is 5.39 Å². The number of amides is 1. The van der Waals surface area contributed by atoms with Gasteiger partial charge in [0.15, 0.2) is 5.69 Å². The number of methoxy groups -OCH3 is 1. The Kier molecular flexibility index (Phi) is 6.09. The third kappa shape index (κ3) is 4.55. The number of hydrogen-bond donors (Lipinski definition) is 2. The second-order valence-electron chi connectivity index (χ2n) is 6.98. The minimum absolute atomic E-state index is 0.00818. The highest BCUT2D eigenvalue weighted by atomic mass is 32.2. The van der Waals surface area contributed by atoms with Crippen LogP contribution in [0.15, 0.2) is 94.0 Å². The number of sulfonamides is 1. The summed E-state index contributed by atoms with van der Waals surface area (Å²) in [4.78, 5) is 15.4. The van der Waals surface area contributed by atoms with E-state index in [1.54, 1.807) is 54.6 Å². The summed E-state index contributed by atoms with van der Waals surface area (Å²) < 4.78 is 32.7. The van der Waals surface area contributed by atoms with E-state index in [-0.39, 0.29) is 16.5 Å². The van der Waals surface area contributed by atoms with Gasteiger partial charge in [-0.3, -0.25) is 9.10 Å². The van der Waals surface area contributed by atoms with Crippen molar-refractivity contribution in [1.29, 1.82) is 0 Å². The molecule has 0 atom stereocenters. The minimum atomic E-state index is -4.09. The van der Waals surface area contributed by atoms with Crippen molar-refractivity contribution in [3.63, 3.8) is 0 Å². The number of benzene rings is 3. The fourth-order valence-corrected chi connectivity index (χ4v) is 4.67. The van der Waals surface area contributed by atoms with E-state index in [1.165, 1.54) is 31.4 Å². The topological polar surface area (TPSA) is 124 Å². The molecule has 4 aromatic rings. The van der Waals surface area contributed by atoms with Gasteiger partial charge in [-0.05, 0) is 42.5 Å². The molecular weight excluding hydrogens is 444 g/mol. The van der Waals surface area contributed by atoms with E-state index in [9.17, 15) is 18.3 Å². The molecule has 0 saturated carbocycles. The maximum atomic E-state index is 13.3. The first-order valence-corrected chi connectivity index (χ1v) is 11.3. The second kappa shape index (κ2) is 9.13. The Morgan fingerprint density at radius 2 is 1.67 bits per heavy atom. The van der Waals surface area contributed by atoms with Crippen molar-refractivity contribution in [2.24, 2.45) is 10.2 Å². The number of ether oxygens (including phenoxy) is 1. The van der Waals surface area contributed by atoms with E-state index < -0.39 is 22.5 Å². The molecule has 1 amide bonds. The van der Waals surface area contributed by atoms with E-state index in [2.05, 4.69) is 15.2 Å². The predicted molar refractivity (Wildman–Crippen MR) is 123 cm³/mol. The highest BCUT2D eigenvalue weighted by Crippen LogP contribution is 2.35. The lowest BCUT2D eigenvalue weighted by Crippen LogP contribution is -2.35. The molecule has 3 aromatic carbocycles. The lowest BCUT2D eigenvalue weighted by molar-refractivity contribution is -0.116. The number of para-hydroxylation sites is 2. The van der Waals surface area contributed by atoms with Crippen molar-refractivity contribution in [1.82, 2.24) is 4.98 Å². The Hall–Kier alpha value is -4.18. The summed E-state index contributed by atoms with van der Waals surface area (Å²) in [6, 6.07) is 21.1. The fraction of sp³-hybridized carbons (Fsp3) is 0.0870. The van der Waals surface area contributed by atoms with Gasteiger partial charge in [0.2, 0.25) is 5.88 Å². The number of azo groups is 1. The summed E-state index contributed by atoms with van der Waals surface area (Å²) in [6.45, 7) is -0.578. The van der Waals surface area contributed by atoms with Crippen LogP contribution in [-0.4, -0.2) is 38.1 Å². The van der Waals surface area contributed by atoms with Crippen LogP contribution in [0.3, 0.4) is 0 Å². The summed E-state index contributed by atoms with van der Waals surface area (Å²) in [5, 5.41) is 18.2. The number of aromatic hydroxyl groups is 1. The normalized spacial score (nSPS) is 11.7. The van der Waals surface area contributed by atoms with Gasteiger partial charge < -0.3 is 14.8 Å². The summed E-state index contributed by atoms with van der Waals surface area (Å²) in [5.74, 6) is -0.539. The lowest BCUT2D eigenvalue weighted by Gasteiger charge is -2.23. The second-order valence-corrected chi connectivity index (χ2v) is 8.85. The molecule has 168 valence electrons. The molecule has 9 nitrogen and oxygen atoms in total. The Morgan fingerprint density at radius 3 is 2.36 bits per heavy atom. The number of nitrogens with one attached hydrogen (secondary N) is 1. The molecule has 0 bridgehead atoms. The lowest BCUT2D eigenvalue weighted by atomic mass is 10.2. The van der Waals surface area contributed by atoms with Crippen molar-refractivity contribution in [3.05, 3.63) is 78.9 Å². The van der Waals surface area contributed by atoms with Gasteiger partial charge >= 0.3 is 0 Å². The van der Waals surface area contributed by atoms with E-state index in [0.717, 1.165) is 4.31 Å². The standard InChI is InChI=1S/C23H20N4O5S/c1-32-17-11-13-18(14-12-17)33(30,31)27(16-7-3-2-4-8-16)15-21(28)25-26-22-19-9-5-6-10-20(19)24-23(22)29/h2-14,24,29H,15H2,1H3. The van der Waals surface area contributed by atoms with Gasteiger partial charge in [-0.25, -0.2) is 8.42 Å². The van der Waals surface area contributed by atoms with Gasteiger partial charge in [-0.2, -0.15) is 0 Å². The minimum Gasteiger partial charge on any atom is -0.497 e. The number of carbonyl (C=O) groups is 1. The van der Waals surface area contributed by atoms with Gasteiger partial charge in [-0.1, -0.05) is 36.4 Å². The third-order valence-electron chi connectivity index (χ3n) is 4.89. The quantitative estimate of drug-likeness (QED) is 0.393. The molecule has 1 aromatic heterocycles. The van der Waals surface area contributed by atoms with Crippen LogP contribution in [0.4, 0.5) is 11.4 Å². The number of carbonyl (C=O) groups excluding carboxylic acids is 1. The van der Waals surface area contributed by atoms with Crippen LogP contribution in [-0.2, 0) is 14.8 Å². The van der Waals surface area contributed by atoms with Gasteiger partial charge in [0.1, 0.15) is 12.3 Å². The number of nitrogens with zero attached hydrogens (tertiary/aromatic N) is 3. The largest absolute Gasteiger partial charge is 0.497 e. The fourth-order valence-electron chi connectivity index (χ4n) is 3.26. The molecule has 0 spiro atoms. The average Bonchev–Trinajstić information content (AvgIpc) is 3.16. The molecule has 0 aliphatic carbocycles. The summed E-state index contributed by atoms with van der Waals surface area (Å²) in [5.41, 5.74) is 1.03. The number of anilines is 1. The molecule has 0 fully saturated rings. The summed E-state index contributed by atoms with van der Waals surface area (Å²) in [7, 11) is -2.61. The van der Waals surface area contributed by atoms with Gasteiger partial charge in [0.05, 0.1) is 23.2 Å². The van der Waals surface area contributed by atoms with Crippen molar-refractivity contribution in [2.75, 3.05) is 18.0 Å². The monoisotopic (exact) mass is 464 g/mol. The predicted octanol–water partition coefficient (Wildman–Crippen LogP) is 4.39. The zero-order chi connectivity index (χ0) is 23.4. The third-order valence-corrected chi connectivity index (χ3v) is 6.68. The molecule has 10 heteroatoms. The first kappa shape index (κ1) is 22.0. The van der Waals surface area contributed by atoms with Crippen LogP contribution in [0.25, 0.3) is 10.9 Å². The van der Waals surface area contributed by atoms with Crippen molar-refractivity contribution < 1.29 is 23.1 Å². The number of rotatable bonds is 7. The molecular formula is C23H20N4O5S. The number of aromatic nitrogens is 1. The molecule has 2 N–H and O–H groups in total. The smallest absolute Gasteiger partial charge is 0.285 e. The molecule has 4 rings (SSSR count). The Balaban J connectivity index is 1.65. The highest BCUT2D eigenvalue weighted by Gasteiger charge is 2.27. The molecule has 0 unspecified atom stereocenters. The molecule has 0 saturated heterocycles. The first-order chi connectivity index (χ1) is 15.9. The SMILES string of the molecule is COc1ccc(S(=O)(=O)N(CC(=O)N=Nc2c(O)[nH]c3ccccc23)c2ccccc2)cc1. The number of hydrogen-bond acceptors (Lipinski definition) is 6. The highest BCUT2D eigenvalue weighted by molar-refractivity contribution is 7.92. The Labute approximate surface area is 190 Å². The van der Waals surface area contributed by atoms with E-state index in [0.29, 0.717) is 22.3 Å². The van der Waals surface area contributed by atoms with Crippen molar-refractivity contribution in [3.8, 4) is 11.6 Å². The van der Waals surface area contributed by atoms with Crippen LogP contribution in [0.1, 0.15) is 0 Å². The molecule has 0 radical (unpaired) electrons. The maximum Gasteiger partial charge on any atom is 0.285 e. The van der Waals surface area contributed by atoms with E-state index in [4.69, 9.17) is 4.74 Å². The zero-order valence-corrected chi connectivity index (χ0v) is 18.4. The average molecular weight is 465 g/mol. The van der Waals surface area contributed by atoms with E-state index >= 15 is 0 Å². The zero-order valence-electron chi connectivity index (χ0n) is 17.5. The first-order valence-electron chi connectivity index (χ1n) is 9.86. The summed E-state index contributed by atoms with van der Waals surface area (Å²) in [6.07, 6.45) is 0. The molecule has 1 heterocycles. The summed E-state index contributed by atoms with van der Waals surface area (Å²) >= 11 is 0. The number of fused-ring (bicyclic) bond motifs is 1. The van der Waals surface area contributed by atoms with Crippen LogP contribution < -0.4 is 9.04 Å². The molecule has 0 aliphatic rings. The van der Waals surface area contributed by atoms with Crippen LogP contribution >= 0.6 is 0 Å². The Bertz CT molecular complexity index is 1410. The number of aromatic amines is 1. The van der Waals surface area contributed by atoms with Gasteiger partial charge in [-0.15, -0.1) is 10.2 Å². The maximum absolute atomic E-state index is 13.3. The van der Waals surface area contributed by atoms with Crippen molar-refractivity contribution >= 4 is 38.2 Å². The van der Waals surface area contributed by atoms with E-state index in [1.807, 2.05) is 0 Å². The van der Waals surface area contributed by atoms with Crippen LogP contribution in [0.5, 0.6) is 11.6 Å². The molecule has 0 aliphatic heterocycles. The van der Waals surface area contributed by atoms with Gasteiger partial charge in [0.25, 0.3) is 15.9 Å².